The second-order valence-corrected chi connectivity index (χ2v) is 5.96. The molecule has 1 aliphatic carbocycles. The van der Waals surface area contributed by atoms with Gasteiger partial charge in [0, 0.05) is 21.7 Å². The molecule has 0 heterocycles. The van der Waals surface area contributed by atoms with Gasteiger partial charge in [-0.25, -0.2) is 0 Å². The summed E-state index contributed by atoms with van der Waals surface area (Å²) in [5.41, 5.74) is 0. The van der Waals surface area contributed by atoms with Gasteiger partial charge < -0.3 is 5.32 Å². The predicted octanol–water partition coefficient (Wildman–Crippen LogP) is 3.82. The van der Waals surface area contributed by atoms with E-state index in [-0.39, 0.29) is 0 Å². The third-order valence-corrected chi connectivity index (χ3v) is 4.41. The fraction of sp³-hybridized carbons (Fsp3) is 0.538. The minimum absolute atomic E-state index is 0.646. The summed E-state index contributed by atoms with van der Waals surface area (Å²) >= 11 is 7.77. The van der Waals surface area contributed by atoms with E-state index in [1.807, 2.05) is 23.9 Å². The summed E-state index contributed by atoms with van der Waals surface area (Å²) in [6.45, 7) is 0. The molecule has 0 radical (unpaired) electrons. The van der Waals surface area contributed by atoms with Crippen LogP contribution in [0.2, 0.25) is 5.02 Å². The predicted molar refractivity (Wildman–Crippen MR) is 72.4 cm³/mol. The van der Waals surface area contributed by atoms with Crippen LogP contribution in [-0.2, 0) is 0 Å². The number of hydrogen-bond acceptors (Lipinski definition) is 2. The van der Waals surface area contributed by atoms with E-state index >= 15 is 0 Å². The fourth-order valence-electron chi connectivity index (χ4n) is 1.75. The van der Waals surface area contributed by atoms with Gasteiger partial charge in [-0.05, 0) is 43.7 Å². The summed E-state index contributed by atoms with van der Waals surface area (Å²) in [6, 6.07) is 8.75. The van der Waals surface area contributed by atoms with E-state index in [1.165, 1.54) is 24.2 Å². The Morgan fingerprint density at radius 3 is 2.62 bits per heavy atom. The lowest BCUT2D eigenvalue weighted by Crippen LogP contribution is -2.28. The van der Waals surface area contributed by atoms with Crippen LogP contribution in [0, 0.1) is 5.92 Å². The van der Waals surface area contributed by atoms with E-state index < -0.39 is 0 Å². The molecule has 1 aromatic rings. The maximum atomic E-state index is 5.86. The van der Waals surface area contributed by atoms with Crippen molar-refractivity contribution >= 4 is 23.4 Å². The van der Waals surface area contributed by atoms with E-state index in [2.05, 4.69) is 24.5 Å². The normalized spacial score (nSPS) is 17.4. The van der Waals surface area contributed by atoms with Crippen molar-refractivity contribution in [3.8, 4) is 0 Å². The zero-order valence-corrected chi connectivity index (χ0v) is 11.2. The van der Waals surface area contributed by atoms with Crippen LogP contribution in [0.1, 0.15) is 19.3 Å². The first-order valence-electron chi connectivity index (χ1n) is 5.83. The van der Waals surface area contributed by atoms with Crippen LogP contribution < -0.4 is 5.32 Å². The molecule has 1 fully saturated rings. The van der Waals surface area contributed by atoms with Crippen molar-refractivity contribution in [1.29, 1.82) is 0 Å². The van der Waals surface area contributed by atoms with Crippen molar-refractivity contribution in [2.24, 2.45) is 5.92 Å². The van der Waals surface area contributed by atoms with E-state index in [1.54, 1.807) is 0 Å². The lowest BCUT2D eigenvalue weighted by molar-refractivity contribution is 0.536. The van der Waals surface area contributed by atoms with Gasteiger partial charge in [-0.3, -0.25) is 0 Å². The maximum Gasteiger partial charge on any atom is 0.0406 e. The van der Waals surface area contributed by atoms with E-state index in [4.69, 9.17) is 11.6 Å². The van der Waals surface area contributed by atoms with Crippen molar-refractivity contribution in [1.82, 2.24) is 5.32 Å². The van der Waals surface area contributed by atoms with Gasteiger partial charge in [-0.1, -0.05) is 24.4 Å². The minimum Gasteiger partial charge on any atom is -0.316 e. The number of hydrogen-bond donors (Lipinski definition) is 1. The molecule has 1 aliphatic rings. The van der Waals surface area contributed by atoms with Crippen molar-refractivity contribution in [3.05, 3.63) is 29.3 Å². The maximum absolute atomic E-state index is 5.86. The molecule has 1 saturated carbocycles. The van der Waals surface area contributed by atoms with Crippen LogP contribution in [0.25, 0.3) is 0 Å². The highest BCUT2D eigenvalue weighted by Gasteiger charge is 2.24. The Labute approximate surface area is 107 Å². The molecule has 1 unspecified atom stereocenters. The highest BCUT2D eigenvalue weighted by Crippen LogP contribution is 2.34. The number of halogens is 1. The Bertz CT molecular complexity index is 321. The van der Waals surface area contributed by atoms with Crippen LogP contribution in [0.4, 0.5) is 0 Å². The summed E-state index contributed by atoms with van der Waals surface area (Å²) < 4.78 is 0. The first kappa shape index (κ1) is 12.3. The zero-order chi connectivity index (χ0) is 11.4. The van der Waals surface area contributed by atoms with Gasteiger partial charge in [-0.2, -0.15) is 0 Å². The van der Waals surface area contributed by atoms with Gasteiger partial charge in [0.25, 0.3) is 0 Å². The first-order valence-corrected chi connectivity index (χ1v) is 7.20. The largest absolute Gasteiger partial charge is 0.316 e. The summed E-state index contributed by atoms with van der Waals surface area (Å²) in [5, 5.41) is 4.22. The highest BCUT2D eigenvalue weighted by atomic mass is 35.5. The third-order valence-electron chi connectivity index (χ3n) is 2.99. The van der Waals surface area contributed by atoms with Crippen LogP contribution in [-0.4, -0.2) is 18.8 Å². The van der Waals surface area contributed by atoms with Gasteiger partial charge in [0.2, 0.25) is 0 Å². The van der Waals surface area contributed by atoms with Crippen LogP contribution in [0.5, 0.6) is 0 Å². The minimum atomic E-state index is 0.646. The van der Waals surface area contributed by atoms with Crippen molar-refractivity contribution in [2.45, 2.75) is 30.2 Å². The van der Waals surface area contributed by atoms with Crippen molar-refractivity contribution in [3.63, 3.8) is 0 Å². The first-order chi connectivity index (χ1) is 7.78. The molecule has 0 amide bonds. The summed E-state index contributed by atoms with van der Waals surface area (Å²) in [5.74, 6) is 2.14. The van der Waals surface area contributed by atoms with Gasteiger partial charge in [0.1, 0.15) is 0 Å². The zero-order valence-electron chi connectivity index (χ0n) is 9.58. The summed E-state index contributed by atoms with van der Waals surface area (Å²) in [6.07, 6.45) is 4.20. The molecule has 2 rings (SSSR count). The smallest absolute Gasteiger partial charge is 0.0406 e. The SMILES string of the molecule is CNC(CSc1ccc(Cl)cc1)CC1CC1. The number of rotatable bonds is 6. The third kappa shape index (κ3) is 4.00. The molecule has 1 nitrogen and oxygen atoms in total. The molecular formula is C13H18ClNS. The standard InChI is InChI=1S/C13H18ClNS/c1-15-12(8-10-2-3-10)9-16-13-6-4-11(14)5-7-13/h4-7,10,12,15H,2-3,8-9H2,1H3. The van der Waals surface area contributed by atoms with Crippen LogP contribution >= 0.6 is 23.4 Å². The molecule has 0 spiro atoms. The van der Waals surface area contributed by atoms with E-state index in [0.29, 0.717) is 6.04 Å². The van der Waals surface area contributed by atoms with Gasteiger partial charge in [0.15, 0.2) is 0 Å². The lowest BCUT2D eigenvalue weighted by atomic mass is 10.2. The van der Waals surface area contributed by atoms with Crippen molar-refractivity contribution < 1.29 is 0 Å². The summed E-state index contributed by atoms with van der Waals surface area (Å²) in [7, 11) is 2.06. The van der Waals surface area contributed by atoms with Crippen molar-refractivity contribution in [2.75, 3.05) is 12.8 Å². The van der Waals surface area contributed by atoms with E-state index in [9.17, 15) is 0 Å². The molecule has 88 valence electrons. The quantitative estimate of drug-likeness (QED) is 0.776. The Morgan fingerprint density at radius 1 is 1.38 bits per heavy atom. The average molecular weight is 256 g/mol. The highest BCUT2D eigenvalue weighted by molar-refractivity contribution is 7.99. The molecule has 0 aliphatic heterocycles. The molecule has 1 N–H and O–H groups in total. The second-order valence-electron chi connectivity index (χ2n) is 4.43. The monoisotopic (exact) mass is 255 g/mol. The topological polar surface area (TPSA) is 12.0 Å². The Kier molecular flexibility index (Phi) is 4.56. The molecule has 3 heteroatoms. The Hall–Kier alpha value is -0.180. The van der Waals surface area contributed by atoms with Gasteiger partial charge >= 0.3 is 0 Å². The molecule has 1 atom stereocenters. The molecule has 0 aromatic heterocycles. The molecular weight excluding hydrogens is 238 g/mol. The lowest BCUT2D eigenvalue weighted by Gasteiger charge is -2.15. The molecule has 0 saturated heterocycles. The Morgan fingerprint density at radius 2 is 2.06 bits per heavy atom. The second kappa shape index (κ2) is 5.95. The number of benzene rings is 1. The average Bonchev–Trinajstić information content (AvgIpc) is 3.10. The number of nitrogens with one attached hydrogen (secondary N) is 1. The summed E-state index contributed by atoms with van der Waals surface area (Å²) in [4.78, 5) is 1.31. The Balaban J connectivity index is 1.77. The van der Waals surface area contributed by atoms with Gasteiger partial charge in [0.05, 0.1) is 0 Å². The van der Waals surface area contributed by atoms with Gasteiger partial charge in [-0.15, -0.1) is 11.8 Å². The fourth-order valence-corrected chi connectivity index (χ4v) is 2.90. The van der Waals surface area contributed by atoms with Crippen LogP contribution in [0.3, 0.4) is 0 Å². The molecule has 16 heavy (non-hydrogen) atoms. The molecule has 1 aromatic carbocycles. The van der Waals surface area contributed by atoms with Crippen LogP contribution in [0.15, 0.2) is 29.2 Å². The molecule has 0 bridgehead atoms. The number of thioether (sulfide) groups is 1. The van der Waals surface area contributed by atoms with E-state index in [0.717, 1.165) is 16.7 Å².